The molecule has 28 heavy (non-hydrogen) atoms. The van der Waals surface area contributed by atoms with Gasteiger partial charge in [-0.2, -0.15) is 34.8 Å². The van der Waals surface area contributed by atoms with Crippen LogP contribution < -0.4 is 15.2 Å². The number of hydrogen-bond donors (Lipinski definition) is 3. The van der Waals surface area contributed by atoms with E-state index in [0.717, 1.165) is 6.07 Å². The van der Waals surface area contributed by atoms with Crippen LogP contribution in [-0.2, 0) is 22.6 Å². The fraction of sp³-hybridized carbons (Fsp3) is 0.133. The van der Waals surface area contributed by atoms with E-state index >= 15 is 0 Å². The predicted octanol–water partition coefficient (Wildman–Crippen LogP) is 3.59. The summed E-state index contributed by atoms with van der Waals surface area (Å²) in [5.74, 6) is -1.26. The standard InChI is InChI=1S/C15H11F6N3O3S/c16-14(17,18)9-4-8(5-10(6-9)15(19,20)21)13(25)23-11-2-1-3-12(7-11)24-28(22,26)27/h1-7,24H,(H,23,25)(H2,22,26,27). The van der Waals surface area contributed by atoms with Gasteiger partial charge in [-0.25, -0.2) is 5.14 Å². The van der Waals surface area contributed by atoms with Gasteiger partial charge in [-0.1, -0.05) is 6.07 Å². The summed E-state index contributed by atoms with van der Waals surface area (Å²) in [5, 5.41) is 6.88. The van der Waals surface area contributed by atoms with Crippen molar-refractivity contribution < 1.29 is 39.6 Å². The van der Waals surface area contributed by atoms with Crippen molar-refractivity contribution in [1.82, 2.24) is 0 Å². The van der Waals surface area contributed by atoms with Crippen molar-refractivity contribution >= 4 is 27.5 Å². The molecule has 0 aliphatic rings. The Balaban J connectivity index is 2.38. The maximum absolute atomic E-state index is 12.9. The maximum atomic E-state index is 12.9. The lowest BCUT2D eigenvalue weighted by Crippen LogP contribution is -2.21. The van der Waals surface area contributed by atoms with E-state index in [1.165, 1.54) is 18.2 Å². The van der Waals surface area contributed by atoms with Crippen LogP contribution in [0.25, 0.3) is 0 Å². The molecule has 4 N–H and O–H groups in total. The van der Waals surface area contributed by atoms with E-state index in [-0.39, 0.29) is 29.6 Å². The average Bonchev–Trinajstić information content (AvgIpc) is 2.51. The number of nitrogens with one attached hydrogen (secondary N) is 2. The molecular formula is C15H11F6N3O3S. The molecular weight excluding hydrogens is 416 g/mol. The molecule has 2 aromatic rings. The van der Waals surface area contributed by atoms with Gasteiger partial charge in [-0.05, 0) is 36.4 Å². The molecule has 13 heteroatoms. The summed E-state index contributed by atoms with van der Waals surface area (Å²) in [6.45, 7) is 0. The largest absolute Gasteiger partial charge is 0.416 e. The van der Waals surface area contributed by atoms with E-state index in [1.54, 1.807) is 0 Å². The van der Waals surface area contributed by atoms with Crippen molar-refractivity contribution in [3.05, 3.63) is 59.2 Å². The van der Waals surface area contributed by atoms with Crippen molar-refractivity contribution in [2.75, 3.05) is 10.0 Å². The number of anilines is 2. The van der Waals surface area contributed by atoms with Crippen molar-refractivity contribution in [3.8, 4) is 0 Å². The van der Waals surface area contributed by atoms with Crippen molar-refractivity contribution in [2.45, 2.75) is 12.4 Å². The molecule has 0 bridgehead atoms. The molecule has 0 spiro atoms. The molecule has 0 aromatic heterocycles. The van der Waals surface area contributed by atoms with Crippen LogP contribution in [0, 0.1) is 0 Å². The third-order valence-corrected chi connectivity index (χ3v) is 3.75. The van der Waals surface area contributed by atoms with E-state index in [9.17, 15) is 39.6 Å². The summed E-state index contributed by atoms with van der Waals surface area (Å²) in [6, 6.07) is 5.29. The minimum absolute atomic E-state index is 0.0830. The maximum Gasteiger partial charge on any atom is 0.416 e. The first kappa shape index (κ1) is 21.5. The van der Waals surface area contributed by atoms with Gasteiger partial charge in [0, 0.05) is 11.3 Å². The number of benzene rings is 2. The normalized spacial score (nSPS) is 12.5. The molecule has 0 fully saturated rings. The lowest BCUT2D eigenvalue weighted by Gasteiger charge is -2.14. The highest BCUT2D eigenvalue weighted by molar-refractivity contribution is 7.90. The van der Waals surface area contributed by atoms with Crippen LogP contribution in [0.5, 0.6) is 0 Å². The van der Waals surface area contributed by atoms with Gasteiger partial charge >= 0.3 is 12.4 Å². The minimum Gasteiger partial charge on any atom is -0.322 e. The summed E-state index contributed by atoms with van der Waals surface area (Å²) in [4.78, 5) is 12.2. The first-order chi connectivity index (χ1) is 12.6. The van der Waals surface area contributed by atoms with Crippen molar-refractivity contribution in [2.24, 2.45) is 5.14 Å². The van der Waals surface area contributed by atoms with Gasteiger partial charge < -0.3 is 5.32 Å². The van der Waals surface area contributed by atoms with Gasteiger partial charge in [-0.3, -0.25) is 9.52 Å². The number of carbonyl (C=O) groups excluding carboxylic acids is 1. The molecule has 0 atom stereocenters. The summed E-state index contributed by atoms with van der Waals surface area (Å²) >= 11 is 0. The Morgan fingerprint density at radius 2 is 1.36 bits per heavy atom. The first-order valence-corrected chi connectivity index (χ1v) is 8.71. The number of rotatable bonds is 4. The minimum atomic E-state index is -5.10. The quantitative estimate of drug-likeness (QED) is 0.650. The van der Waals surface area contributed by atoms with Gasteiger partial charge in [-0.15, -0.1) is 0 Å². The summed E-state index contributed by atoms with van der Waals surface area (Å²) in [6.07, 6.45) is -10.2. The topological polar surface area (TPSA) is 101 Å². The molecule has 152 valence electrons. The van der Waals surface area contributed by atoms with E-state index < -0.39 is 45.2 Å². The molecule has 1 amide bonds. The van der Waals surface area contributed by atoms with Crippen LogP contribution >= 0.6 is 0 Å². The third-order valence-electron chi connectivity index (χ3n) is 3.23. The third kappa shape index (κ3) is 5.85. The molecule has 0 saturated carbocycles. The lowest BCUT2D eigenvalue weighted by molar-refractivity contribution is -0.143. The van der Waals surface area contributed by atoms with Crippen LogP contribution in [0.2, 0.25) is 0 Å². The molecule has 0 radical (unpaired) electrons. The zero-order chi connectivity index (χ0) is 21.3. The highest BCUT2D eigenvalue weighted by atomic mass is 32.2. The molecule has 0 unspecified atom stereocenters. The molecule has 2 rings (SSSR count). The molecule has 0 aliphatic carbocycles. The number of amides is 1. The van der Waals surface area contributed by atoms with Gasteiger partial charge in [0.2, 0.25) is 0 Å². The monoisotopic (exact) mass is 427 g/mol. The van der Waals surface area contributed by atoms with Crippen LogP contribution in [-0.4, -0.2) is 14.3 Å². The van der Waals surface area contributed by atoms with Crippen molar-refractivity contribution in [3.63, 3.8) is 0 Å². The number of halogens is 6. The van der Waals surface area contributed by atoms with E-state index in [2.05, 4.69) is 5.32 Å². The number of alkyl halides is 6. The second-order valence-corrected chi connectivity index (χ2v) is 6.77. The zero-order valence-electron chi connectivity index (χ0n) is 13.5. The first-order valence-electron chi connectivity index (χ1n) is 7.16. The lowest BCUT2D eigenvalue weighted by atomic mass is 10.0. The molecule has 0 heterocycles. The van der Waals surface area contributed by atoms with E-state index in [4.69, 9.17) is 5.14 Å². The number of carbonyl (C=O) groups is 1. The van der Waals surface area contributed by atoms with Gasteiger partial charge in [0.25, 0.3) is 16.1 Å². The summed E-state index contributed by atoms with van der Waals surface area (Å²) < 4.78 is 101. The fourth-order valence-electron chi connectivity index (χ4n) is 2.11. The molecule has 0 saturated heterocycles. The van der Waals surface area contributed by atoms with Gasteiger partial charge in [0.15, 0.2) is 0 Å². The fourth-order valence-corrected chi connectivity index (χ4v) is 2.57. The zero-order valence-corrected chi connectivity index (χ0v) is 14.3. The highest BCUT2D eigenvalue weighted by Crippen LogP contribution is 2.36. The van der Waals surface area contributed by atoms with Crippen LogP contribution in [0.1, 0.15) is 21.5 Å². The van der Waals surface area contributed by atoms with Crippen molar-refractivity contribution in [1.29, 1.82) is 0 Å². The molecule has 6 nitrogen and oxygen atoms in total. The second kappa shape index (κ2) is 7.31. The average molecular weight is 427 g/mol. The van der Waals surface area contributed by atoms with E-state index in [1.807, 2.05) is 4.72 Å². The Kier molecular flexibility index (Phi) is 5.62. The number of nitrogens with two attached hydrogens (primary N) is 1. The van der Waals surface area contributed by atoms with Gasteiger partial charge in [0.1, 0.15) is 0 Å². The second-order valence-electron chi connectivity index (χ2n) is 5.48. The smallest absolute Gasteiger partial charge is 0.322 e. The van der Waals surface area contributed by atoms with Crippen LogP contribution in [0.3, 0.4) is 0 Å². The Morgan fingerprint density at radius 3 is 1.82 bits per heavy atom. The number of hydrogen-bond acceptors (Lipinski definition) is 3. The Hall–Kier alpha value is -2.80. The Morgan fingerprint density at radius 1 is 0.857 bits per heavy atom. The Bertz CT molecular complexity index is 971. The van der Waals surface area contributed by atoms with E-state index in [0.29, 0.717) is 0 Å². The van der Waals surface area contributed by atoms with Gasteiger partial charge in [0.05, 0.1) is 16.8 Å². The van der Waals surface area contributed by atoms with Crippen LogP contribution in [0.15, 0.2) is 42.5 Å². The summed E-state index contributed by atoms with van der Waals surface area (Å²) in [5.41, 5.74) is -4.34. The van der Waals surface area contributed by atoms with Crippen LogP contribution in [0.4, 0.5) is 37.7 Å². The Labute approximate surface area is 154 Å². The SMILES string of the molecule is NS(=O)(=O)Nc1cccc(NC(=O)c2cc(C(F)(F)F)cc(C(F)(F)F)c2)c1. The highest BCUT2D eigenvalue weighted by Gasteiger charge is 2.37. The molecule has 0 aliphatic heterocycles. The molecule has 2 aromatic carbocycles. The summed E-state index contributed by atoms with van der Waals surface area (Å²) in [7, 11) is -4.13. The predicted molar refractivity (Wildman–Crippen MR) is 87.6 cm³/mol.